The Morgan fingerprint density at radius 3 is 2.90 bits per heavy atom. The molecule has 2 rings (SSSR count). The van der Waals surface area contributed by atoms with Crippen LogP contribution < -0.4 is 10.0 Å². The van der Waals surface area contributed by atoms with Crippen LogP contribution in [0.4, 0.5) is 0 Å². The molecule has 7 heteroatoms. The zero-order valence-corrected chi connectivity index (χ0v) is 13.5. The van der Waals surface area contributed by atoms with Crippen LogP contribution in [0.1, 0.15) is 24.6 Å². The third-order valence-electron chi connectivity index (χ3n) is 3.20. The molecule has 1 aliphatic rings. The van der Waals surface area contributed by atoms with E-state index in [0.29, 0.717) is 30.6 Å². The van der Waals surface area contributed by atoms with Gasteiger partial charge in [-0.25, -0.2) is 13.1 Å². The minimum atomic E-state index is -3.42. The summed E-state index contributed by atoms with van der Waals surface area (Å²) in [5.41, 5.74) is 0. The van der Waals surface area contributed by atoms with Gasteiger partial charge in [0, 0.05) is 37.7 Å². The van der Waals surface area contributed by atoms with E-state index in [1.165, 1.54) is 24.2 Å². The normalized spacial score (nSPS) is 17.3. The number of methoxy groups -OCH3 is 1. The molecule has 1 aromatic rings. The Morgan fingerprint density at radius 2 is 2.25 bits per heavy atom. The Morgan fingerprint density at radius 1 is 1.50 bits per heavy atom. The van der Waals surface area contributed by atoms with Crippen molar-refractivity contribution in [1.82, 2.24) is 10.0 Å². The van der Waals surface area contributed by atoms with Crippen molar-refractivity contribution < 1.29 is 13.2 Å². The summed E-state index contributed by atoms with van der Waals surface area (Å²) in [7, 11) is -1.81. The first-order chi connectivity index (χ1) is 9.53. The summed E-state index contributed by atoms with van der Waals surface area (Å²) in [5.74, 6) is 0.154. The first kappa shape index (κ1) is 15.9. The van der Waals surface area contributed by atoms with Gasteiger partial charge in [0.15, 0.2) is 0 Å². The third-order valence-corrected chi connectivity index (χ3v) is 5.75. The van der Waals surface area contributed by atoms with Crippen LogP contribution in [0.2, 0.25) is 0 Å². The van der Waals surface area contributed by atoms with Crippen molar-refractivity contribution in [3.8, 4) is 0 Å². The Kier molecular flexibility index (Phi) is 5.57. The maximum absolute atomic E-state index is 12.3. The van der Waals surface area contributed by atoms with Crippen LogP contribution >= 0.6 is 11.3 Å². The van der Waals surface area contributed by atoms with E-state index in [9.17, 15) is 8.42 Å². The molecule has 1 unspecified atom stereocenters. The number of rotatable bonds is 9. The monoisotopic (exact) mass is 318 g/mol. The van der Waals surface area contributed by atoms with Crippen molar-refractivity contribution in [2.45, 2.75) is 37.2 Å². The van der Waals surface area contributed by atoms with Gasteiger partial charge < -0.3 is 10.1 Å². The van der Waals surface area contributed by atoms with Crippen molar-refractivity contribution in [3.63, 3.8) is 0 Å². The van der Waals surface area contributed by atoms with E-state index < -0.39 is 10.0 Å². The molecular formula is C13H22N2O3S2. The van der Waals surface area contributed by atoms with Crippen molar-refractivity contribution in [2.75, 3.05) is 20.3 Å². The largest absolute Gasteiger partial charge is 0.384 e. The molecule has 1 saturated carbocycles. The summed E-state index contributed by atoms with van der Waals surface area (Å²) in [6.07, 6.45) is 2.39. The van der Waals surface area contributed by atoms with Gasteiger partial charge in [0.25, 0.3) is 0 Å². The highest BCUT2D eigenvalue weighted by Gasteiger charge is 2.24. The molecule has 5 nitrogen and oxygen atoms in total. The van der Waals surface area contributed by atoms with Crippen molar-refractivity contribution in [3.05, 3.63) is 16.3 Å². The summed E-state index contributed by atoms with van der Waals surface area (Å²) in [5, 5.41) is 5.19. The third kappa shape index (κ3) is 4.53. The van der Waals surface area contributed by atoms with Gasteiger partial charge >= 0.3 is 0 Å². The van der Waals surface area contributed by atoms with Gasteiger partial charge in [0.1, 0.15) is 0 Å². The lowest BCUT2D eigenvalue weighted by Crippen LogP contribution is -2.30. The van der Waals surface area contributed by atoms with Crippen LogP contribution in [-0.2, 0) is 21.3 Å². The number of hydrogen-bond donors (Lipinski definition) is 2. The number of hydrogen-bond acceptors (Lipinski definition) is 5. The van der Waals surface area contributed by atoms with Gasteiger partial charge in [0.2, 0.25) is 10.0 Å². The Bertz CT molecular complexity index is 523. The molecule has 0 saturated heterocycles. The van der Waals surface area contributed by atoms with E-state index in [2.05, 4.69) is 10.0 Å². The Hall–Kier alpha value is -0.470. The molecule has 0 radical (unpaired) electrons. The summed E-state index contributed by atoms with van der Waals surface area (Å²) < 4.78 is 32.3. The zero-order chi connectivity index (χ0) is 14.6. The number of thiophene rings is 1. The molecule has 2 N–H and O–H groups in total. The molecule has 0 bridgehead atoms. The standard InChI is InChI=1S/C13H22N2O3S2/c1-10(9-18-2)7-15-20(16,17)13-5-6-19-12(13)8-14-11-3-4-11/h5-6,10-11,14-15H,3-4,7-9H2,1-2H3. The second-order valence-corrected chi connectivity index (χ2v) is 8.01. The molecular weight excluding hydrogens is 296 g/mol. The maximum atomic E-state index is 12.3. The number of sulfonamides is 1. The number of ether oxygens (including phenoxy) is 1. The topological polar surface area (TPSA) is 67.4 Å². The van der Waals surface area contributed by atoms with E-state index in [1.54, 1.807) is 13.2 Å². The van der Waals surface area contributed by atoms with Gasteiger partial charge in [-0.05, 0) is 30.2 Å². The summed E-state index contributed by atoms with van der Waals surface area (Å²) in [6.45, 7) is 3.52. The lowest BCUT2D eigenvalue weighted by Gasteiger charge is -2.12. The fraction of sp³-hybridized carbons (Fsp3) is 0.692. The highest BCUT2D eigenvalue weighted by atomic mass is 32.2. The van der Waals surface area contributed by atoms with Gasteiger partial charge in [-0.15, -0.1) is 11.3 Å². The smallest absolute Gasteiger partial charge is 0.241 e. The molecule has 0 amide bonds. The van der Waals surface area contributed by atoms with Gasteiger partial charge in [-0.1, -0.05) is 6.92 Å². The maximum Gasteiger partial charge on any atom is 0.241 e. The van der Waals surface area contributed by atoms with E-state index >= 15 is 0 Å². The molecule has 20 heavy (non-hydrogen) atoms. The molecule has 0 aromatic carbocycles. The minimum absolute atomic E-state index is 0.154. The predicted octanol–water partition coefficient (Wildman–Crippen LogP) is 1.56. The second kappa shape index (κ2) is 7.00. The molecule has 1 fully saturated rings. The fourth-order valence-electron chi connectivity index (χ4n) is 1.89. The van der Waals surface area contributed by atoms with Gasteiger partial charge in [-0.2, -0.15) is 0 Å². The van der Waals surface area contributed by atoms with E-state index in [0.717, 1.165) is 4.88 Å². The molecule has 1 aliphatic carbocycles. The predicted molar refractivity (Wildman–Crippen MR) is 80.4 cm³/mol. The summed E-state index contributed by atoms with van der Waals surface area (Å²) in [4.78, 5) is 1.28. The summed E-state index contributed by atoms with van der Waals surface area (Å²) >= 11 is 1.48. The minimum Gasteiger partial charge on any atom is -0.384 e. The van der Waals surface area contributed by atoms with Crippen molar-refractivity contribution >= 4 is 21.4 Å². The Balaban J connectivity index is 1.95. The molecule has 0 spiro atoms. The number of nitrogens with one attached hydrogen (secondary N) is 2. The van der Waals surface area contributed by atoms with Crippen LogP contribution in [0, 0.1) is 5.92 Å². The SMILES string of the molecule is COCC(C)CNS(=O)(=O)c1ccsc1CNC1CC1. The second-order valence-electron chi connectivity index (χ2n) is 5.28. The highest BCUT2D eigenvalue weighted by Crippen LogP contribution is 2.24. The van der Waals surface area contributed by atoms with Crippen LogP contribution in [-0.4, -0.2) is 34.7 Å². The Labute approximate surface area is 124 Å². The molecule has 0 aliphatic heterocycles. The average Bonchev–Trinajstić information content (AvgIpc) is 3.10. The van der Waals surface area contributed by atoms with E-state index in [-0.39, 0.29) is 5.92 Å². The highest BCUT2D eigenvalue weighted by molar-refractivity contribution is 7.89. The van der Waals surface area contributed by atoms with Crippen molar-refractivity contribution in [1.29, 1.82) is 0 Å². The van der Waals surface area contributed by atoms with Crippen LogP contribution in [0.3, 0.4) is 0 Å². The zero-order valence-electron chi connectivity index (χ0n) is 11.9. The van der Waals surface area contributed by atoms with Gasteiger partial charge in [0.05, 0.1) is 4.90 Å². The quantitative estimate of drug-likeness (QED) is 0.725. The van der Waals surface area contributed by atoms with Gasteiger partial charge in [-0.3, -0.25) is 0 Å². The van der Waals surface area contributed by atoms with Crippen LogP contribution in [0.15, 0.2) is 16.3 Å². The first-order valence-electron chi connectivity index (χ1n) is 6.81. The van der Waals surface area contributed by atoms with Crippen LogP contribution in [0.5, 0.6) is 0 Å². The average molecular weight is 318 g/mol. The lowest BCUT2D eigenvalue weighted by atomic mass is 10.2. The fourth-order valence-corrected chi connectivity index (χ4v) is 4.45. The lowest BCUT2D eigenvalue weighted by molar-refractivity contribution is 0.161. The molecule has 1 aromatic heterocycles. The van der Waals surface area contributed by atoms with E-state index in [1.807, 2.05) is 12.3 Å². The molecule has 1 heterocycles. The van der Waals surface area contributed by atoms with E-state index in [4.69, 9.17) is 4.74 Å². The molecule has 1 atom stereocenters. The molecule has 114 valence electrons. The summed E-state index contributed by atoms with van der Waals surface area (Å²) in [6, 6.07) is 2.25. The van der Waals surface area contributed by atoms with Crippen molar-refractivity contribution in [2.24, 2.45) is 5.92 Å². The van der Waals surface area contributed by atoms with Crippen LogP contribution in [0.25, 0.3) is 0 Å². The first-order valence-corrected chi connectivity index (χ1v) is 9.17.